The highest BCUT2D eigenvalue weighted by atomic mass is 16.3. The first-order chi connectivity index (χ1) is 7.12. The third-order valence-electron chi connectivity index (χ3n) is 2.39. The van der Waals surface area contributed by atoms with Crippen LogP contribution in [-0.2, 0) is 5.60 Å². The Morgan fingerprint density at radius 1 is 1.27 bits per heavy atom. The fourth-order valence-corrected chi connectivity index (χ4v) is 1.62. The number of hydrogen-bond donors (Lipinski definition) is 2. The van der Waals surface area contributed by atoms with E-state index in [4.69, 9.17) is 5.73 Å². The summed E-state index contributed by atoms with van der Waals surface area (Å²) >= 11 is 0. The summed E-state index contributed by atoms with van der Waals surface area (Å²) in [4.78, 5) is 0. The number of hydrogen-bond acceptors (Lipinski definition) is 2. The van der Waals surface area contributed by atoms with Crippen molar-refractivity contribution >= 4 is 5.69 Å². The summed E-state index contributed by atoms with van der Waals surface area (Å²) in [5.41, 5.74) is 6.21. The number of anilines is 1. The molecule has 0 bridgehead atoms. The van der Waals surface area contributed by atoms with Gasteiger partial charge in [0.05, 0.1) is 5.60 Å². The Kier molecular flexibility index (Phi) is 3.69. The van der Waals surface area contributed by atoms with E-state index in [-0.39, 0.29) is 0 Å². The standard InChI is InChI=1S/C13H17NO/c1-3-8-13(15,9-4-2)11-6-5-7-12(14)10-11/h3-7,10,15H,1-2,8-9,14H2. The van der Waals surface area contributed by atoms with Gasteiger partial charge in [0.15, 0.2) is 0 Å². The van der Waals surface area contributed by atoms with Gasteiger partial charge in [0.1, 0.15) is 0 Å². The summed E-state index contributed by atoms with van der Waals surface area (Å²) in [5, 5.41) is 10.4. The number of nitrogens with two attached hydrogens (primary N) is 1. The van der Waals surface area contributed by atoms with Gasteiger partial charge in [-0.25, -0.2) is 0 Å². The molecule has 0 aromatic heterocycles. The van der Waals surface area contributed by atoms with Crippen LogP contribution in [0, 0.1) is 0 Å². The molecule has 15 heavy (non-hydrogen) atoms. The van der Waals surface area contributed by atoms with Crippen LogP contribution >= 0.6 is 0 Å². The molecule has 0 atom stereocenters. The molecule has 2 nitrogen and oxygen atoms in total. The minimum Gasteiger partial charge on any atom is -0.399 e. The maximum absolute atomic E-state index is 10.4. The van der Waals surface area contributed by atoms with E-state index >= 15 is 0 Å². The van der Waals surface area contributed by atoms with Crippen LogP contribution in [-0.4, -0.2) is 5.11 Å². The maximum atomic E-state index is 10.4. The largest absolute Gasteiger partial charge is 0.399 e. The first kappa shape index (κ1) is 11.5. The summed E-state index contributed by atoms with van der Waals surface area (Å²) < 4.78 is 0. The van der Waals surface area contributed by atoms with Crippen LogP contribution in [0.15, 0.2) is 49.6 Å². The predicted molar refractivity (Wildman–Crippen MR) is 64.4 cm³/mol. The highest BCUT2D eigenvalue weighted by molar-refractivity contribution is 5.43. The second kappa shape index (κ2) is 4.80. The van der Waals surface area contributed by atoms with Crippen molar-refractivity contribution in [3.8, 4) is 0 Å². The topological polar surface area (TPSA) is 46.2 Å². The highest BCUT2D eigenvalue weighted by Gasteiger charge is 2.26. The van der Waals surface area contributed by atoms with E-state index < -0.39 is 5.60 Å². The fourth-order valence-electron chi connectivity index (χ4n) is 1.62. The van der Waals surface area contributed by atoms with E-state index in [0.717, 1.165) is 5.56 Å². The van der Waals surface area contributed by atoms with Crippen molar-refractivity contribution in [2.45, 2.75) is 18.4 Å². The van der Waals surface area contributed by atoms with Crippen molar-refractivity contribution in [1.29, 1.82) is 0 Å². The predicted octanol–water partition coefficient (Wildman–Crippen LogP) is 2.61. The quantitative estimate of drug-likeness (QED) is 0.570. The molecule has 0 heterocycles. The smallest absolute Gasteiger partial charge is 0.0965 e. The molecule has 0 fully saturated rings. The summed E-state index contributed by atoms with van der Waals surface area (Å²) in [6.45, 7) is 7.30. The Hall–Kier alpha value is -1.54. The van der Waals surface area contributed by atoms with Gasteiger partial charge < -0.3 is 10.8 Å². The SMILES string of the molecule is C=CCC(O)(CC=C)c1cccc(N)c1. The van der Waals surface area contributed by atoms with Crippen LogP contribution in [0.25, 0.3) is 0 Å². The third kappa shape index (κ3) is 2.70. The molecule has 0 saturated heterocycles. The molecule has 0 radical (unpaired) electrons. The van der Waals surface area contributed by atoms with Crippen LogP contribution in [0.5, 0.6) is 0 Å². The molecule has 1 aromatic carbocycles. The van der Waals surface area contributed by atoms with E-state index in [9.17, 15) is 5.11 Å². The number of aliphatic hydroxyl groups is 1. The minimum absolute atomic E-state index is 0.489. The lowest BCUT2D eigenvalue weighted by molar-refractivity contribution is 0.0430. The lowest BCUT2D eigenvalue weighted by atomic mass is 9.87. The Bertz CT molecular complexity index is 347. The van der Waals surface area contributed by atoms with Crippen LogP contribution in [0.3, 0.4) is 0 Å². The average Bonchev–Trinajstić information content (AvgIpc) is 2.18. The van der Waals surface area contributed by atoms with Crippen molar-refractivity contribution in [3.05, 3.63) is 55.1 Å². The van der Waals surface area contributed by atoms with Crippen molar-refractivity contribution in [3.63, 3.8) is 0 Å². The molecule has 0 aliphatic rings. The van der Waals surface area contributed by atoms with Gasteiger partial charge >= 0.3 is 0 Å². The Labute approximate surface area is 90.7 Å². The first-order valence-corrected chi connectivity index (χ1v) is 4.92. The Morgan fingerprint density at radius 2 is 1.87 bits per heavy atom. The van der Waals surface area contributed by atoms with Crippen LogP contribution in [0.2, 0.25) is 0 Å². The molecule has 0 aliphatic heterocycles. The summed E-state index contributed by atoms with van der Waals surface area (Å²) in [6.07, 6.45) is 4.38. The first-order valence-electron chi connectivity index (χ1n) is 4.92. The fraction of sp³-hybridized carbons (Fsp3) is 0.231. The Balaban J connectivity index is 3.07. The lowest BCUT2D eigenvalue weighted by Crippen LogP contribution is -2.24. The molecule has 0 unspecified atom stereocenters. The summed E-state index contributed by atoms with van der Waals surface area (Å²) in [7, 11) is 0. The molecular weight excluding hydrogens is 186 g/mol. The normalized spacial score (nSPS) is 11.0. The molecule has 0 spiro atoms. The zero-order chi connectivity index (χ0) is 11.3. The molecule has 1 aromatic rings. The van der Waals surface area contributed by atoms with Crippen molar-refractivity contribution < 1.29 is 5.11 Å². The van der Waals surface area contributed by atoms with Crippen LogP contribution < -0.4 is 5.73 Å². The van der Waals surface area contributed by atoms with E-state index in [0.29, 0.717) is 18.5 Å². The summed E-state index contributed by atoms with van der Waals surface area (Å²) in [5.74, 6) is 0. The molecule has 0 aliphatic carbocycles. The summed E-state index contributed by atoms with van der Waals surface area (Å²) in [6, 6.07) is 7.28. The van der Waals surface area contributed by atoms with Gasteiger partial charge in [-0.2, -0.15) is 0 Å². The molecule has 0 amide bonds. The Morgan fingerprint density at radius 3 is 2.33 bits per heavy atom. The minimum atomic E-state index is -0.932. The van der Waals surface area contributed by atoms with Crippen molar-refractivity contribution in [2.75, 3.05) is 5.73 Å². The third-order valence-corrected chi connectivity index (χ3v) is 2.39. The van der Waals surface area contributed by atoms with Crippen LogP contribution in [0.1, 0.15) is 18.4 Å². The molecule has 80 valence electrons. The number of rotatable bonds is 5. The van der Waals surface area contributed by atoms with Gasteiger partial charge in [-0.1, -0.05) is 24.3 Å². The van der Waals surface area contributed by atoms with Crippen molar-refractivity contribution in [2.24, 2.45) is 0 Å². The van der Waals surface area contributed by atoms with Gasteiger partial charge in [-0.3, -0.25) is 0 Å². The van der Waals surface area contributed by atoms with Gasteiger partial charge in [-0.05, 0) is 30.5 Å². The molecule has 2 heteroatoms. The van der Waals surface area contributed by atoms with Crippen molar-refractivity contribution in [1.82, 2.24) is 0 Å². The second-order valence-electron chi connectivity index (χ2n) is 3.64. The molecular formula is C13H17NO. The highest BCUT2D eigenvalue weighted by Crippen LogP contribution is 2.30. The molecule has 0 saturated carbocycles. The van der Waals surface area contributed by atoms with Gasteiger partial charge in [0, 0.05) is 5.69 Å². The van der Waals surface area contributed by atoms with Gasteiger partial charge in [0.2, 0.25) is 0 Å². The molecule has 3 N–H and O–H groups in total. The number of nitrogen functional groups attached to an aromatic ring is 1. The van der Waals surface area contributed by atoms with Gasteiger partial charge in [0.25, 0.3) is 0 Å². The number of benzene rings is 1. The van der Waals surface area contributed by atoms with Gasteiger partial charge in [-0.15, -0.1) is 13.2 Å². The molecule has 1 rings (SSSR count). The lowest BCUT2D eigenvalue weighted by Gasteiger charge is -2.26. The van der Waals surface area contributed by atoms with E-state index in [2.05, 4.69) is 13.2 Å². The maximum Gasteiger partial charge on any atom is 0.0965 e. The van der Waals surface area contributed by atoms with E-state index in [1.54, 1.807) is 24.3 Å². The monoisotopic (exact) mass is 203 g/mol. The zero-order valence-corrected chi connectivity index (χ0v) is 8.82. The van der Waals surface area contributed by atoms with E-state index in [1.165, 1.54) is 0 Å². The van der Waals surface area contributed by atoms with Crippen LogP contribution in [0.4, 0.5) is 5.69 Å². The van der Waals surface area contributed by atoms with E-state index in [1.807, 2.05) is 12.1 Å². The zero-order valence-electron chi connectivity index (χ0n) is 8.82. The average molecular weight is 203 g/mol. The second-order valence-corrected chi connectivity index (χ2v) is 3.64.